The summed E-state index contributed by atoms with van der Waals surface area (Å²) in [7, 11) is 0. The molecule has 2 aromatic rings. The Morgan fingerprint density at radius 3 is 2.95 bits per heavy atom. The number of nitrogens with zero attached hydrogens (tertiary/aromatic N) is 4. The van der Waals surface area contributed by atoms with Crippen LogP contribution in [0.4, 0.5) is 11.5 Å². The number of pyridine rings is 1. The highest BCUT2D eigenvalue weighted by molar-refractivity contribution is 5.57. The van der Waals surface area contributed by atoms with Crippen molar-refractivity contribution in [3.63, 3.8) is 0 Å². The molecule has 2 heterocycles. The van der Waals surface area contributed by atoms with Gasteiger partial charge in [-0.2, -0.15) is 0 Å². The molecule has 0 radical (unpaired) electrons. The van der Waals surface area contributed by atoms with E-state index >= 15 is 0 Å². The van der Waals surface area contributed by atoms with E-state index in [1.807, 2.05) is 12.1 Å². The van der Waals surface area contributed by atoms with Crippen LogP contribution in [0.25, 0.3) is 0 Å². The fourth-order valence-corrected chi connectivity index (χ4v) is 2.53. The fraction of sp³-hybridized carbons (Fsp3) is 0.250. The molecule has 7 nitrogen and oxygen atoms in total. The smallest absolute Gasteiger partial charge is 0.333 e. The number of nitro groups is 1. The average molecular weight is 257 g/mol. The van der Waals surface area contributed by atoms with E-state index in [9.17, 15) is 10.1 Å². The molecule has 0 amide bonds. The summed E-state index contributed by atoms with van der Waals surface area (Å²) < 4.78 is 0. The lowest BCUT2D eigenvalue weighted by atomic mass is 10.0. The summed E-state index contributed by atoms with van der Waals surface area (Å²) in [4.78, 5) is 22.7. The Morgan fingerprint density at radius 2 is 2.16 bits per heavy atom. The summed E-state index contributed by atoms with van der Waals surface area (Å²) >= 11 is 0. The molecule has 1 atom stereocenters. The third-order valence-electron chi connectivity index (χ3n) is 3.35. The average Bonchev–Trinajstić information content (AvgIpc) is 2.81. The Kier molecular flexibility index (Phi) is 2.59. The third kappa shape index (κ3) is 1.79. The van der Waals surface area contributed by atoms with Gasteiger partial charge in [-0.05, 0) is 24.5 Å². The second-order valence-corrected chi connectivity index (χ2v) is 4.39. The lowest BCUT2D eigenvalue weighted by Crippen LogP contribution is -2.09. The molecule has 1 aliphatic rings. The molecule has 0 aliphatic heterocycles. The molecule has 0 spiro atoms. The number of fused-ring (bicyclic) bond motifs is 1. The van der Waals surface area contributed by atoms with Crippen molar-refractivity contribution in [1.29, 1.82) is 0 Å². The van der Waals surface area contributed by atoms with Gasteiger partial charge >= 0.3 is 5.69 Å². The first-order valence-corrected chi connectivity index (χ1v) is 5.87. The molecule has 0 bridgehead atoms. The van der Waals surface area contributed by atoms with Gasteiger partial charge in [0.25, 0.3) is 0 Å². The summed E-state index contributed by atoms with van der Waals surface area (Å²) in [5, 5.41) is 11.1. The first-order chi connectivity index (χ1) is 9.18. The summed E-state index contributed by atoms with van der Waals surface area (Å²) in [6.45, 7) is 0. The molecule has 1 unspecified atom stereocenters. The zero-order valence-electron chi connectivity index (χ0n) is 9.98. The van der Waals surface area contributed by atoms with Crippen molar-refractivity contribution in [2.75, 3.05) is 5.73 Å². The maximum Gasteiger partial charge on any atom is 0.333 e. The number of hydrogen-bond donors (Lipinski definition) is 1. The molecule has 19 heavy (non-hydrogen) atoms. The number of nitrogen functional groups attached to an aromatic ring is 1. The van der Waals surface area contributed by atoms with Gasteiger partial charge in [0.05, 0.1) is 16.5 Å². The van der Waals surface area contributed by atoms with Gasteiger partial charge in [0.1, 0.15) is 12.0 Å². The van der Waals surface area contributed by atoms with Crippen LogP contribution in [0.15, 0.2) is 24.7 Å². The van der Waals surface area contributed by atoms with Crippen LogP contribution in [0.1, 0.15) is 29.3 Å². The minimum absolute atomic E-state index is 0.0978. The summed E-state index contributed by atoms with van der Waals surface area (Å²) in [5.41, 5.74) is 7.71. The molecule has 1 aliphatic carbocycles. The van der Waals surface area contributed by atoms with E-state index in [0.717, 1.165) is 24.1 Å². The van der Waals surface area contributed by atoms with Crippen LogP contribution >= 0.6 is 0 Å². The number of rotatable bonds is 2. The van der Waals surface area contributed by atoms with Crippen LogP contribution < -0.4 is 5.73 Å². The fourth-order valence-electron chi connectivity index (χ4n) is 2.53. The number of hydrogen-bond acceptors (Lipinski definition) is 6. The highest BCUT2D eigenvalue weighted by Crippen LogP contribution is 2.40. The van der Waals surface area contributed by atoms with Crippen LogP contribution in [0.3, 0.4) is 0 Å². The maximum atomic E-state index is 11.1. The quantitative estimate of drug-likeness (QED) is 0.644. The first kappa shape index (κ1) is 11.5. The van der Waals surface area contributed by atoms with E-state index in [-0.39, 0.29) is 17.4 Å². The van der Waals surface area contributed by atoms with Crippen molar-refractivity contribution in [2.45, 2.75) is 18.8 Å². The molecular weight excluding hydrogens is 246 g/mol. The van der Waals surface area contributed by atoms with Crippen LogP contribution in [0.2, 0.25) is 0 Å². The standard InChI is InChI=1S/C12H11N5O2/c13-12-11(17(18)19)10(15-6-16-12)8-4-3-7-2-1-5-14-9(7)8/h1-2,5-6,8H,3-4H2,(H2,13,15,16). The minimum Gasteiger partial charge on any atom is -0.378 e. The normalized spacial score (nSPS) is 17.2. The van der Waals surface area contributed by atoms with Gasteiger partial charge < -0.3 is 5.73 Å². The van der Waals surface area contributed by atoms with Gasteiger partial charge in [0.2, 0.25) is 5.82 Å². The van der Waals surface area contributed by atoms with E-state index < -0.39 is 4.92 Å². The number of aryl methyl sites for hydroxylation is 1. The highest BCUT2D eigenvalue weighted by atomic mass is 16.6. The summed E-state index contributed by atoms with van der Waals surface area (Å²) in [6, 6.07) is 3.85. The Balaban J connectivity index is 2.15. The predicted molar refractivity (Wildman–Crippen MR) is 67.5 cm³/mol. The van der Waals surface area contributed by atoms with Crippen LogP contribution in [0, 0.1) is 10.1 Å². The van der Waals surface area contributed by atoms with Gasteiger partial charge in [0, 0.05) is 6.20 Å². The zero-order valence-corrected chi connectivity index (χ0v) is 9.98. The number of anilines is 1. The molecule has 0 saturated carbocycles. The lowest BCUT2D eigenvalue weighted by Gasteiger charge is -2.10. The van der Waals surface area contributed by atoms with Crippen LogP contribution in [0.5, 0.6) is 0 Å². The lowest BCUT2D eigenvalue weighted by molar-refractivity contribution is -0.385. The van der Waals surface area contributed by atoms with Gasteiger partial charge in [-0.1, -0.05) is 6.07 Å². The molecule has 2 N–H and O–H groups in total. The SMILES string of the molecule is Nc1ncnc(C2CCc3cccnc32)c1[N+](=O)[O-]. The van der Waals surface area contributed by atoms with Crippen molar-refractivity contribution >= 4 is 11.5 Å². The van der Waals surface area contributed by atoms with Crippen molar-refractivity contribution in [2.24, 2.45) is 0 Å². The van der Waals surface area contributed by atoms with Crippen molar-refractivity contribution < 1.29 is 4.92 Å². The minimum atomic E-state index is -0.522. The zero-order chi connectivity index (χ0) is 13.4. The van der Waals surface area contributed by atoms with Gasteiger partial charge in [-0.15, -0.1) is 0 Å². The van der Waals surface area contributed by atoms with E-state index in [4.69, 9.17) is 5.73 Å². The van der Waals surface area contributed by atoms with E-state index in [1.165, 1.54) is 6.33 Å². The van der Waals surface area contributed by atoms with E-state index in [2.05, 4.69) is 15.0 Å². The van der Waals surface area contributed by atoms with Gasteiger partial charge in [-0.25, -0.2) is 9.97 Å². The Labute approximate surface area is 108 Å². The molecule has 0 saturated heterocycles. The Hall–Kier alpha value is -2.57. The van der Waals surface area contributed by atoms with E-state index in [1.54, 1.807) is 6.20 Å². The molecule has 0 aromatic carbocycles. The summed E-state index contributed by atoms with van der Waals surface area (Å²) in [5.74, 6) is -0.277. The Morgan fingerprint density at radius 1 is 1.32 bits per heavy atom. The second-order valence-electron chi connectivity index (χ2n) is 4.39. The molecule has 96 valence electrons. The van der Waals surface area contributed by atoms with Crippen molar-refractivity contribution in [3.8, 4) is 0 Å². The molecule has 7 heteroatoms. The summed E-state index contributed by atoms with van der Waals surface area (Å²) in [6.07, 6.45) is 4.55. The Bertz CT molecular complexity index is 658. The monoisotopic (exact) mass is 257 g/mol. The van der Waals surface area contributed by atoms with Crippen LogP contribution in [-0.2, 0) is 6.42 Å². The third-order valence-corrected chi connectivity index (χ3v) is 3.35. The predicted octanol–water partition coefficient (Wildman–Crippen LogP) is 1.44. The van der Waals surface area contributed by atoms with Crippen molar-refractivity contribution in [3.05, 3.63) is 51.7 Å². The van der Waals surface area contributed by atoms with Crippen LogP contribution in [-0.4, -0.2) is 19.9 Å². The van der Waals surface area contributed by atoms with E-state index in [0.29, 0.717) is 5.69 Å². The van der Waals surface area contributed by atoms with Gasteiger partial charge in [-0.3, -0.25) is 15.1 Å². The molecule has 0 fully saturated rings. The maximum absolute atomic E-state index is 11.1. The topological polar surface area (TPSA) is 108 Å². The largest absolute Gasteiger partial charge is 0.378 e. The van der Waals surface area contributed by atoms with Gasteiger partial charge in [0.15, 0.2) is 0 Å². The molecule has 2 aromatic heterocycles. The second kappa shape index (κ2) is 4.27. The first-order valence-electron chi connectivity index (χ1n) is 5.87. The molecular formula is C12H11N5O2. The highest BCUT2D eigenvalue weighted by Gasteiger charge is 2.33. The number of aromatic nitrogens is 3. The molecule has 3 rings (SSSR count). The van der Waals surface area contributed by atoms with Crippen molar-refractivity contribution in [1.82, 2.24) is 15.0 Å². The number of nitrogens with two attached hydrogens (primary N) is 1.